The van der Waals surface area contributed by atoms with E-state index in [9.17, 15) is 14.4 Å². The highest BCUT2D eigenvalue weighted by Crippen LogP contribution is 2.20. The molecule has 2 aromatic carbocycles. The van der Waals surface area contributed by atoms with E-state index in [2.05, 4.69) is 15.8 Å². The molecule has 1 aromatic heterocycles. The number of hydrogen-bond acceptors (Lipinski definition) is 6. The smallest absolute Gasteiger partial charge is 0.269 e. The first kappa shape index (κ1) is 21.8. The lowest BCUT2D eigenvalue weighted by Crippen LogP contribution is -2.42. The Labute approximate surface area is 181 Å². The monoisotopic (exact) mass is 446 g/mol. The standard InChI is InChI=1S/C20H19ClN4O4S/c1-29-10-9-25-19(28)15-8-7-14(21)11-16(15)22-20(25)30-12-17(26)23-24-18(27)13-5-3-2-4-6-13/h2-8,11H,9-10,12H2,1H3,(H,23,26)(H,24,27). The van der Waals surface area contributed by atoms with Crippen molar-refractivity contribution in [3.05, 3.63) is 69.5 Å². The van der Waals surface area contributed by atoms with Gasteiger partial charge in [0, 0.05) is 17.7 Å². The molecule has 3 rings (SSSR count). The number of aromatic nitrogens is 2. The molecule has 156 valence electrons. The zero-order valence-electron chi connectivity index (χ0n) is 16.1. The number of nitrogens with one attached hydrogen (secondary N) is 2. The number of halogens is 1. The molecule has 1 heterocycles. The van der Waals surface area contributed by atoms with Crippen LogP contribution in [0, 0.1) is 0 Å². The Morgan fingerprint density at radius 1 is 1.17 bits per heavy atom. The third kappa shape index (κ3) is 5.38. The number of hydrazine groups is 1. The van der Waals surface area contributed by atoms with E-state index in [4.69, 9.17) is 16.3 Å². The maximum atomic E-state index is 12.8. The lowest BCUT2D eigenvalue weighted by molar-refractivity contribution is -0.119. The molecule has 2 amide bonds. The van der Waals surface area contributed by atoms with E-state index in [0.29, 0.717) is 33.3 Å². The first-order valence-corrected chi connectivity index (χ1v) is 10.3. The van der Waals surface area contributed by atoms with Crippen LogP contribution >= 0.6 is 23.4 Å². The summed E-state index contributed by atoms with van der Waals surface area (Å²) in [6, 6.07) is 13.4. The van der Waals surface area contributed by atoms with Crippen LogP contribution in [0.15, 0.2) is 58.5 Å². The molecule has 0 aliphatic rings. The number of methoxy groups -OCH3 is 1. The van der Waals surface area contributed by atoms with Crippen molar-refractivity contribution in [1.29, 1.82) is 0 Å². The highest BCUT2D eigenvalue weighted by Gasteiger charge is 2.14. The lowest BCUT2D eigenvalue weighted by atomic mass is 10.2. The van der Waals surface area contributed by atoms with Crippen molar-refractivity contribution < 1.29 is 14.3 Å². The minimum absolute atomic E-state index is 0.0550. The maximum absolute atomic E-state index is 12.8. The van der Waals surface area contributed by atoms with Crippen LogP contribution < -0.4 is 16.4 Å². The fraction of sp³-hybridized carbons (Fsp3) is 0.200. The second kappa shape index (κ2) is 10.2. The van der Waals surface area contributed by atoms with Crippen LogP contribution in [0.2, 0.25) is 5.02 Å². The topological polar surface area (TPSA) is 102 Å². The molecule has 0 radical (unpaired) electrons. The van der Waals surface area contributed by atoms with Crippen molar-refractivity contribution >= 4 is 46.1 Å². The molecule has 0 aliphatic heterocycles. The Hall–Kier alpha value is -2.88. The average Bonchev–Trinajstić information content (AvgIpc) is 2.76. The molecule has 0 atom stereocenters. The minimum atomic E-state index is -0.442. The first-order chi connectivity index (χ1) is 14.5. The Kier molecular flexibility index (Phi) is 7.45. The third-order valence-corrected chi connectivity index (χ3v) is 5.30. The van der Waals surface area contributed by atoms with E-state index in [1.807, 2.05) is 0 Å². The van der Waals surface area contributed by atoms with Crippen molar-refractivity contribution in [1.82, 2.24) is 20.4 Å². The van der Waals surface area contributed by atoms with Gasteiger partial charge in [0.2, 0.25) is 5.91 Å². The number of thioether (sulfide) groups is 1. The summed E-state index contributed by atoms with van der Waals surface area (Å²) in [4.78, 5) is 41.5. The van der Waals surface area contributed by atoms with Gasteiger partial charge >= 0.3 is 0 Å². The molecule has 8 nitrogen and oxygen atoms in total. The quantitative estimate of drug-likeness (QED) is 0.328. The maximum Gasteiger partial charge on any atom is 0.269 e. The van der Waals surface area contributed by atoms with Crippen LogP contribution in [-0.2, 0) is 16.1 Å². The summed E-state index contributed by atoms with van der Waals surface area (Å²) < 4.78 is 6.53. The number of amides is 2. The van der Waals surface area contributed by atoms with Crippen molar-refractivity contribution in [3.8, 4) is 0 Å². The first-order valence-electron chi connectivity index (χ1n) is 8.95. The molecule has 0 spiro atoms. The molecular formula is C20H19ClN4O4S. The number of ether oxygens (including phenoxy) is 1. The number of fused-ring (bicyclic) bond motifs is 1. The molecule has 0 aliphatic carbocycles. The van der Waals surface area contributed by atoms with Gasteiger partial charge in [0.1, 0.15) is 0 Å². The van der Waals surface area contributed by atoms with Crippen molar-refractivity contribution in [3.63, 3.8) is 0 Å². The molecule has 2 N–H and O–H groups in total. The van der Waals surface area contributed by atoms with Crippen LogP contribution in [0.1, 0.15) is 10.4 Å². The van der Waals surface area contributed by atoms with Gasteiger partial charge in [0.15, 0.2) is 5.16 Å². The number of carbonyl (C=O) groups excluding carboxylic acids is 2. The molecule has 0 bridgehead atoms. The van der Waals surface area contributed by atoms with E-state index in [0.717, 1.165) is 11.8 Å². The van der Waals surface area contributed by atoms with Gasteiger partial charge in [-0.15, -0.1) is 0 Å². The summed E-state index contributed by atoms with van der Waals surface area (Å²) in [5.74, 6) is -0.923. The fourth-order valence-corrected chi connectivity index (χ4v) is 3.61. The van der Waals surface area contributed by atoms with Crippen molar-refractivity contribution in [2.24, 2.45) is 0 Å². The molecule has 0 unspecified atom stereocenters. The van der Waals surface area contributed by atoms with Gasteiger partial charge in [0.05, 0.1) is 29.8 Å². The van der Waals surface area contributed by atoms with E-state index < -0.39 is 11.8 Å². The summed E-state index contributed by atoms with van der Waals surface area (Å²) in [5, 5.41) is 1.25. The zero-order valence-corrected chi connectivity index (χ0v) is 17.6. The number of hydrogen-bond donors (Lipinski definition) is 2. The van der Waals surface area contributed by atoms with Gasteiger partial charge in [-0.2, -0.15) is 0 Å². The molecule has 0 saturated carbocycles. The van der Waals surface area contributed by atoms with E-state index in [1.165, 1.54) is 11.7 Å². The fourth-order valence-electron chi connectivity index (χ4n) is 2.62. The summed E-state index contributed by atoms with van der Waals surface area (Å²) in [6.45, 7) is 0.600. The Morgan fingerprint density at radius 3 is 2.67 bits per heavy atom. The molecule has 3 aromatic rings. The second-order valence-electron chi connectivity index (χ2n) is 6.16. The Bertz CT molecular complexity index is 1120. The van der Waals surface area contributed by atoms with Crippen LogP contribution in [-0.4, -0.2) is 40.8 Å². The van der Waals surface area contributed by atoms with Gasteiger partial charge in [-0.1, -0.05) is 41.6 Å². The average molecular weight is 447 g/mol. The predicted molar refractivity (Wildman–Crippen MR) is 116 cm³/mol. The Morgan fingerprint density at radius 2 is 1.93 bits per heavy atom. The van der Waals surface area contributed by atoms with Crippen LogP contribution in [0.4, 0.5) is 0 Å². The number of carbonyl (C=O) groups is 2. The molecule has 30 heavy (non-hydrogen) atoms. The van der Waals surface area contributed by atoms with Crippen LogP contribution in [0.25, 0.3) is 10.9 Å². The highest BCUT2D eigenvalue weighted by molar-refractivity contribution is 7.99. The third-order valence-electron chi connectivity index (χ3n) is 4.09. The summed E-state index contributed by atoms with van der Waals surface area (Å²) in [5.41, 5.74) is 5.34. The SMILES string of the molecule is COCCn1c(SCC(=O)NNC(=O)c2ccccc2)nc2cc(Cl)ccc2c1=O. The number of rotatable bonds is 7. The lowest BCUT2D eigenvalue weighted by Gasteiger charge is -2.13. The van der Waals surface area contributed by atoms with Crippen molar-refractivity contribution in [2.45, 2.75) is 11.7 Å². The predicted octanol–water partition coefficient (Wildman–Crippen LogP) is 2.25. The van der Waals surface area contributed by atoms with Gasteiger partial charge in [-0.25, -0.2) is 4.98 Å². The summed E-state index contributed by atoms with van der Waals surface area (Å²) in [6.07, 6.45) is 0. The van der Waals surface area contributed by atoms with E-state index in [1.54, 1.807) is 48.5 Å². The van der Waals surface area contributed by atoms with Crippen LogP contribution in [0.3, 0.4) is 0 Å². The zero-order chi connectivity index (χ0) is 21.5. The number of nitrogens with zero attached hydrogens (tertiary/aromatic N) is 2. The van der Waals surface area contributed by atoms with Gasteiger partial charge < -0.3 is 4.74 Å². The summed E-state index contributed by atoms with van der Waals surface area (Å²) in [7, 11) is 1.54. The normalized spacial score (nSPS) is 10.7. The minimum Gasteiger partial charge on any atom is -0.383 e. The second-order valence-corrected chi connectivity index (χ2v) is 7.54. The molecule has 10 heteroatoms. The molecule has 0 saturated heterocycles. The van der Waals surface area contributed by atoms with Crippen LogP contribution in [0.5, 0.6) is 0 Å². The largest absolute Gasteiger partial charge is 0.383 e. The molecule has 0 fully saturated rings. The summed E-state index contributed by atoms with van der Waals surface area (Å²) >= 11 is 7.09. The number of benzene rings is 2. The molecular weight excluding hydrogens is 428 g/mol. The van der Waals surface area contributed by atoms with E-state index in [-0.39, 0.29) is 17.9 Å². The van der Waals surface area contributed by atoms with E-state index >= 15 is 0 Å². The highest BCUT2D eigenvalue weighted by atomic mass is 35.5. The van der Waals surface area contributed by atoms with Gasteiger partial charge in [0.25, 0.3) is 11.5 Å². The Balaban J connectivity index is 1.71. The van der Waals surface area contributed by atoms with Gasteiger partial charge in [-0.3, -0.25) is 29.8 Å². The van der Waals surface area contributed by atoms with Gasteiger partial charge in [-0.05, 0) is 30.3 Å². The van der Waals surface area contributed by atoms with Crippen molar-refractivity contribution in [2.75, 3.05) is 19.5 Å².